The molecule has 0 saturated heterocycles. The number of halogens is 2. The normalized spacial score (nSPS) is 10.2. The van der Waals surface area contributed by atoms with E-state index in [9.17, 15) is 9.59 Å². The van der Waals surface area contributed by atoms with E-state index in [2.05, 4.69) is 10.3 Å². The van der Waals surface area contributed by atoms with Gasteiger partial charge in [0.25, 0.3) is 5.91 Å². The molecule has 1 heterocycles. The van der Waals surface area contributed by atoms with Crippen molar-refractivity contribution in [2.24, 2.45) is 0 Å². The van der Waals surface area contributed by atoms with Gasteiger partial charge in [-0.05, 0) is 36.6 Å². The largest absolute Gasteiger partial charge is 0.452 e. The maximum atomic E-state index is 12.0. The Labute approximate surface area is 147 Å². The van der Waals surface area contributed by atoms with Crippen molar-refractivity contribution in [2.75, 3.05) is 18.2 Å². The van der Waals surface area contributed by atoms with Gasteiger partial charge in [0.1, 0.15) is 5.82 Å². The minimum absolute atomic E-state index is 0.218. The van der Waals surface area contributed by atoms with Crippen molar-refractivity contribution >= 4 is 52.7 Å². The van der Waals surface area contributed by atoms with E-state index in [1.807, 2.05) is 6.26 Å². The van der Waals surface area contributed by atoms with Crippen LogP contribution in [-0.4, -0.2) is 29.7 Å². The van der Waals surface area contributed by atoms with E-state index in [0.29, 0.717) is 10.8 Å². The molecule has 8 heteroatoms. The zero-order chi connectivity index (χ0) is 16.8. The molecule has 2 aromatic rings. The summed E-state index contributed by atoms with van der Waals surface area (Å²) in [6.45, 7) is -0.442. The zero-order valence-electron chi connectivity index (χ0n) is 12.0. The summed E-state index contributed by atoms with van der Waals surface area (Å²) < 4.78 is 4.97. The van der Waals surface area contributed by atoms with E-state index < -0.39 is 18.5 Å². The van der Waals surface area contributed by atoms with Gasteiger partial charge in [-0.15, -0.1) is 11.8 Å². The van der Waals surface area contributed by atoms with Gasteiger partial charge in [-0.1, -0.05) is 23.2 Å². The molecule has 23 heavy (non-hydrogen) atoms. The van der Waals surface area contributed by atoms with Crippen LogP contribution in [0.1, 0.15) is 10.4 Å². The molecular formula is C15H12Cl2N2O3S. The molecule has 5 nitrogen and oxygen atoms in total. The van der Waals surface area contributed by atoms with Crippen molar-refractivity contribution in [3.63, 3.8) is 0 Å². The van der Waals surface area contributed by atoms with Crippen LogP contribution in [0.4, 0.5) is 5.82 Å². The number of hydrogen-bond donors (Lipinski definition) is 1. The Morgan fingerprint density at radius 1 is 1.26 bits per heavy atom. The lowest BCUT2D eigenvalue weighted by molar-refractivity contribution is -0.119. The van der Waals surface area contributed by atoms with Gasteiger partial charge in [-0.25, -0.2) is 9.78 Å². The quantitative estimate of drug-likeness (QED) is 0.638. The fourth-order valence-corrected chi connectivity index (χ4v) is 2.37. The Balaban J connectivity index is 1.93. The van der Waals surface area contributed by atoms with Gasteiger partial charge in [0.15, 0.2) is 6.61 Å². The van der Waals surface area contributed by atoms with Crippen LogP contribution >= 0.6 is 35.0 Å². The third-order valence-electron chi connectivity index (χ3n) is 2.72. The van der Waals surface area contributed by atoms with Crippen molar-refractivity contribution in [3.05, 3.63) is 52.1 Å². The van der Waals surface area contributed by atoms with Crippen LogP contribution in [0.3, 0.4) is 0 Å². The smallest absolute Gasteiger partial charge is 0.340 e. The Hall–Kier alpha value is -1.76. The number of aromatic nitrogens is 1. The average molecular weight is 371 g/mol. The first kappa shape index (κ1) is 17.6. The van der Waals surface area contributed by atoms with Crippen LogP contribution in [0, 0.1) is 0 Å². The lowest BCUT2D eigenvalue weighted by Crippen LogP contribution is -2.21. The van der Waals surface area contributed by atoms with Crippen molar-refractivity contribution < 1.29 is 14.3 Å². The van der Waals surface area contributed by atoms with Gasteiger partial charge in [-0.3, -0.25) is 4.79 Å². The Bertz CT molecular complexity index is 723. The van der Waals surface area contributed by atoms with Gasteiger partial charge in [0.05, 0.1) is 15.6 Å². The van der Waals surface area contributed by atoms with Crippen molar-refractivity contribution in [3.8, 4) is 0 Å². The van der Waals surface area contributed by atoms with Gasteiger partial charge in [0.2, 0.25) is 0 Å². The summed E-state index contributed by atoms with van der Waals surface area (Å²) in [6, 6.07) is 8.16. The highest BCUT2D eigenvalue weighted by Crippen LogP contribution is 2.23. The van der Waals surface area contributed by atoms with Crippen molar-refractivity contribution in [2.45, 2.75) is 4.90 Å². The number of nitrogens with zero attached hydrogens (tertiary/aromatic N) is 1. The highest BCUT2D eigenvalue weighted by atomic mass is 35.5. The summed E-state index contributed by atoms with van der Waals surface area (Å²) >= 11 is 13.1. The molecule has 0 aliphatic rings. The Morgan fingerprint density at radius 2 is 2.04 bits per heavy atom. The molecule has 0 unspecified atom stereocenters. The second-order valence-electron chi connectivity index (χ2n) is 4.33. The van der Waals surface area contributed by atoms with Gasteiger partial charge in [0, 0.05) is 11.1 Å². The third kappa shape index (κ3) is 5.13. The number of anilines is 1. The van der Waals surface area contributed by atoms with E-state index >= 15 is 0 Å². The first-order chi connectivity index (χ1) is 11.0. The van der Waals surface area contributed by atoms with Crippen molar-refractivity contribution in [1.29, 1.82) is 0 Å². The molecule has 120 valence electrons. The second-order valence-corrected chi connectivity index (χ2v) is 6.06. The predicted octanol–water partition coefficient (Wildman–Crippen LogP) is 3.91. The van der Waals surface area contributed by atoms with Gasteiger partial charge < -0.3 is 10.1 Å². The van der Waals surface area contributed by atoms with Crippen LogP contribution in [0.25, 0.3) is 0 Å². The van der Waals surface area contributed by atoms with Crippen LogP contribution in [0.5, 0.6) is 0 Å². The number of thioether (sulfide) groups is 1. The minimum atomic E-state index is -0.662. The highest BCUT2D eigenvalue weighted by molar-refractivity contribution is 7.98. The third-order valence-corrected chi connectivity index (χ3v) is 4.00. The number of benzene rings is 1. The van der Waals surface area contributed by atoms with Crippen molar-refractivity contribution in [1.82, 2.24) is 4.98 Å². The Morgan fingerprint density at radius 3 is 2.70 bits per heavy atom. The van der Waals surface area contributed by atoms with Gasteiger partial charge in [-0.2, -0.15) is 0 Å². The molecule has 2 rings (SSSR count). The fourth-order valence-electron chi connectivity index (χ4n) is 1.63. The van der Waals surface area contributed by atoms with E-state index in [1.165, 1.54) is 18.0 Å². The SMILES string of the molecule is CSc1ccc(Cl)c(C(=O)OCC(=O)Nc2ccc(Cl)cn2)c1. The Kier molecular flexibility index (Phi) is 6.27. The van der Waals surface area contributed by atoms with E-state index in [0.717, 1.165) is 4.90 Å². The number of ether oxygens (including phenoxy) is 1. The molecule has 1 aromatic carbocycles. The maximum absolute atomic E-state index is 12.0. The predicted molar refractivity (Wildman–Crippen MR) is 91.4 cm³/mol. The van der Waals surface area contributed by atoms with Crippen LogP contribution in [-0.2, 0) is 9.53 Å². The summed E-state index contributed by atoms with van der Waals surface area (Å²) in [5.41, 5.74) is 0.218. The standard InChI is InChI=1S/C15H12Cl2N2O3S/c1-23-10-3-4-12(17)11(6-10)15(21)22-8-14(20)19-13-5-2-9(16)7-18-13/h2-7H,8H2,1H3,(H,18,19,20). The molecule has 1 aromatic heterocycles. The molecule has 1 amide bonds. The average Bonchev–Trinajstić information content (AvgIpc) is 2.55. The molecular weight excluding hydrogens is 359 g/mol. The van der Waals surface area contributed by atoms with E-state index in [-0.39, 0.29) is 10.6 Å². The highest BCUT2D eigenvalue weighted by Gasteiger charge is 2.14. The number of carbonyl (C=O) groups is 2. The monoisotopic (exact) mass is 370 g/mol. The number of esters is 1. The number of pyridine rings is 1. The number of hydrogen-bond acceptors (Lipinski definition) is 5. The van der Waals surface area contributed by atoms with E-state index in [1.54, 1.807) is 30.3 Å². The fraction of sp³-hybridized carbons (Fsp3) is 0.133. The maximum Gasteiger partial charge on any atom is 0.340 e. The molecule has 0 bridgehead atoms. The number of nitrogens with one attached hydrogen (secondary N) is 1. The zero-order valence-corrected chi connectivity index (χ0v) is 14.3. The molecule has 0 atom stereocenters. The lowest BCUT2D eigenvalue weighted by Gasteiger charge is -2.08. The first-order valence-electron chi connectivity index (χ1n) is 6.41. The van der Waals surface area contributed by atoms with Gasteiger partial charge >= 0.3 is 5.97 Å². The van der Waals surface area contributed by atoms with Crippen LogP contribution in [0.15, 0.2) is 41.4 Å². The molecule has 0 fully saturated rings. The summed E-state index contributed by atoms with van der Waals surface area (Å²) in [7, 11) is 0. The molecule has 0 aliphatic carbocycles. The number of rotatable bonds is 5. The second kappa shape index (κ2) is 8.19. The number of carbonyl (C=O) groups excluding carboxylic acids is 2. The van der Waals surface area contributed by atoms with Crippen LogP contribution in [0.2, 0.25) is 10.0 Å². The lowest BCUT2D eigenvalue weighted by atomic mass is 10.2. The summed E-state index contributed by atoms with van der Waals surface area (Å²) in [5, 5.41) is 3.22. The van der Waals surface area contributed by atoms with Crippen LogP contribution < -0.4 is 5.32 Å². The first-order valence-corrected chi connectivity index (χ1v) is 8.39. The minimum Gasteiger partial charge on any atom is -0.452 e. The molecule has 1 N–H and O–H groups in total. The summed E-state index contributed by atoms with van der Waals surface area (Å²) in [6.07, 6.45) is 3.28. The van der Waals surface area contributed by atoms with E-state index in [4.69, 9.17) is 27.9 Å². The number of amides is 1. The molecule has 0 aliphatic heterocycles. The molecule has 0 saturated carbocycles. The summed E-state index contributed by atoms with van der Waals surface area (Å²) in [4.78, 5) is 28.5. The summed E-state index contributed by atoms with van der Waals surface area (Å²) in [5.74, 6) is -0.853. The topological polar surface area (TPSA) is 68.3 Å². The molecule has 0 spiro atoms. The molecule has 0 radical (unpaired) electrons.